The summed E-state index contributed by atoms with van der Waals surface area (Å²) in [6.07, 6.45) is 9.88. The van der Waals surface area contributed by atoms with Gasteiger partial charge in [-0.2, -0.15) is 0 Å². The Bertz CT molecular complexity index is 201. The van der Waals surface area contributed by atoms with Crippen molar-refractivity contribution in [1.82, 2.24) is 10.4 Å². The number of nitrogens with zero attached hydrogens (tertiary/aromatic N) is 1. The maximum absolute atomic E-state index is 3.79. The minimum absolute atomic E-state index is 0.672. The molecule has 2 fully saturated rings. The molecule has 1 saturated carbocycles. The van der Waals surface area contributed by atoms with E-state index in [0.717, 1.165) is 5.92 Å². The fourth-order valence-electron chi connectivity index (χ4n) is 3.47. The largest absolute Gasteiger partial charge is 0.252 e. The zero-order valence-electron chi connectivity index (χ0n) is 11.2. The molecule has 2 heteroatoms. The molecule has 0 spiro atoms. The molecular weight excluding hydrogens is 196 g/mol. The van der Waals surface area contributed by atoms with Crippen molar-refractivity contribution in [3.63, 3.8) is 0 Å². The normalized spacial score (nSPS) is 35.4. The summed E-state index contributed by atoms with van der Waals surface area (Å²) in [6.45, 7) is 7.11. The smallest absolute Gasteiger partial charge is 0.0218 e. The van der Waals surface area contributed by atoms with Crippen LogP contribution in [0.4, 0.5) is 0 Å². The van der Waals surface area contributed by atoms with Crippen molar-refractivity contribution in [2.75, 3.05) is 0 Å². The molecular formula is C14H28N2. The van der Waals surface area contributed by atoms with Gasteiger partial charge in [-0.15, -0.1) is 0 Å². The molecule has 1 aliphatic carbocycles. The molecule has 94 valence electrons. The van der Waals surface area contributed by atoms with E-state index in [1.54, 1.807) is 0 Å². The van der Waals surface area contributed by atoms with Crippen LogP contribution in [0, 0.1) is 5.92 Å². The van der Waals surface area contributed by atoms with E-state index in [1.165, 1.54) is 44.9 Å². The van der Waals surface area contributed by atoms with Gasteiger partial charge in [-0.25, -0.2) is 5.01 Å². The number of hydrogen-bond donors (Lipinski definition) is 1. The summed E-state index contributed by atoms with van der Waals surface area (Å²) >= 11 is 0. The van der Waals surface area contributed by atoms with Gasteiger partial charge >= 0.3 is 0 Å². The lowest BCUT2D eigenvalue weighted by atomic mass is 9.98. The summed E-state index contributed by atoms with van der Waals surface area (Å²) in [5.74, 6) is 0.918. The van der Waals surface area contributed by atoms with Gasteiger partial charge in [-0.1, -0.05) is 19.3 Å². The van der Waals surface area contributed by atoms with Crippen LogP contribution in [0.25, 0.3) is 0 Å². The van der Waals surface area contributed by atoms with E-state index in [9.17, 15) is 0 Å². The Balaban J connectivity index is 1.86. The molecule has 2 rings (SSSR count). The van der Waals surface area contributed by atoms with E-state index in [1.807, 2.05) is 0 Å². The zero-order chi connectivity index (χ0) is 11.5. The summed E-state index contributed by atoms with van der Waals surface area (Å²) in [5.41, 5.74) is 3.79. The first-order valence-electron chi connectivity index (χ1n) is 7.23. The van der Waals surface area contributed by atoms with Crippen LogP contribution >= 0.6 is 0 Å². The summed E-state index contributed by atoms with van der Waals surface area (Å²) in [6, 6.07) is 2.10. The van der Waals surface area contributed by atoms with Crippen LogP contribution in [0.15, 0.2) is 0 Å². The SMILES string of the molecule is CC(NN1C(C)CCCC1C)C1CCCC1. The fourth-order valence-corrected chi connectivity index (χ4v) is 3.47. The van der Waals surface area contributed by atoms with Gasteiger partial charge in [0.1, 0.15) is 0 Å². The molecule has 2 aliphatic rings. The first-order chi connectivity index (χ1) is 7.68. The third kappa shape index (κ3) is 2.78. The van der Waals surface area contributed by atoms with Crippen molar-refractivity contribution in [2.24, 2.45) is 5.92 Å². The molecule has 1 N–H and O–H groups in total. The average molecular weight is 224 g/mol. The third-order valence-electron chi connectivity index (χ3n) is 4.65. The van der Waals surface area contributed by atoms with Crippen molar-refractivity contribution < 1.29 is 0 Å². The molecule has 0 amide bonds. The van der Waals surface area contributed by atoms with Gasteiger partial charge in [-0.3, -0.25) is 5.43 Å². The van der Waals surface area contributed by atoms with E-state index < -0.39 is 0 Å². The highest BCUT2D eigenvalue weighted by Gasteiger charge is 2.28. The molecule has 1 aliphatic heterocycles. The molecule has 0 radical (unpaired) electrons. The molecule has 0 bridgehead atoms. The predicted octanol–water partition coefficient (Wildman–Crippen LogP) is 3.33. The summed E-state index contributed by atoms with van der Waals surface area (Å²) in [7, 11) is 0. The molecule has 16 heavy (non-hydrogen) atoms. The van der Waals surface area contributed by atoms with Gasteiger partial charge in [0.15, 0.2) is 0 Å². The minimum atomic E-state index is 0.672. The van der Waals surface area contributed by atoms with E-state index in [2.05, 4.69) is 31.2 Å². The van der Waals surface area contributed by atoms with Gasteiger partial charge < -0.3 is 0 Å². The van der Waals surface area contributed by atoms with Crippen molar-refractivity contribution in [1.29, 1.82) is 0 Å². The Morgan fingerprint density at radius 1 is 0.938 bits per heavy atom. The number of nitrogens with one attached hydrogen (secondary N) is 1. The summed E-state index contributed by atoms with van der Waals surface area (Å²) in [5, 5.41) is 2.53. The van der Waals surface area contributed by atoms with Gasteiger partial charge in [0.2, 0.25) is 0 Å². The van der Waals surface area contributed by atoms with Gasteiger partial charge in [-0.05, 0) is 52.4 Å². The van der Waals surface area contributed by atoms with E-state index in [4.69, 9.17) is 0 Å². The number of piperidine rings is 1. The minimum Gasteiger partial charge on any atom is -0.252 e. The number of hydrogen-bond acceptors (Lipinski definition) is 2. The fraction of sp³-hybridized carbons (Fsp3) is 1.00. The van der Waals surface area contributed by atoms with Crippen LogP contribution in [0.5, 0.6) is 0 Å². The van der Waals surface area contributed by atoms with Gasteiger partial charge in [0.05, 0.1) is 0 Å². The average Bonchev–Trinajstić information content (AvgIpc) is 2.76. The van der Waals surface area contributed by atoms with Crippen molar-refractivity contribution in [3.8, 4) is 0 Å². The first kappa shape index (κ1) is 12.4. The monoisotopic (exact) mass is 224 g/mol. The molecule has 1 heterocycles. The van der Waals surface area contributed by atoms with Crippen molar-refractivity contribution >= 4 is 0 Å². The molecule has 0 aromatic rings. The molecule has 3 atom stereocenters. The van der Waals surface area contributed by atoms with E-state index in [-0.39, 0.29) is 0 Å². The lowest BCUT2D eigenvalue weighted by molar-refractivity contribution is 0.0224. The highest BCUT2D eigenvalue weighted by Crippen LogP contribution is 2.29. The quantitative estimate of drug-likeness (QED) is 0.791. The summed E-state index contributed by atoms with van der Waals surface area (Å²) in [4.78, 5) is 0. The van der Waals surface area contributed by atoms with Crippen LogP contribution in [0.1, 0.15) is 65.7 Å². The van der Waals surface area contributed by atoms with Crippen LogP contribution in [-0.4, -0.2) is 23.1 Å². The molecule has 3 unspecified atom stereocenters. The Morgan fingerprint density at radius 2 is 1.50 bits per heavy atom. The lowest BCUT2D eigenvalue weighted by Crippen LogP contribution is -2.56. The van der Waals surface area contributed by atoms with Crippen molar-refractivity contribution in [3.05, 3.63) is 0 Å². The Labute approximate surface area is 101 Å². The van der Waals surface area contributed by atoms with Crippen LogP contribution in [0.2, 0.25) is 0 Å². The maximum Gasteiger partial charge on any atom is 0.0218 e. The highest BCUT2D eigenvalue weighted by molar-refractivity contribution is 4.81. The molecule has 0 aromatic carbocycles. The van der Waals surface area contributed by atoms with Gasteiger partial charge in [0, 0.05) is 18.1 Å². The lowest BCUT2D eigenvalue weighted by Gasteiger charge is -2.42. The Hall–Kier alpha value is -0.0800. The van der Waals surface area contributed by atoms with Crippen molar-refractivity contribution in [2.45, 2.75) is 83.8 Å². The maximum atomic E-state index is 3.79. The third-order valence-corrected chi connectivity index (χ3v) is 4.65. The Kier molecular flexibility index (Phi) is 4.26. The standard InChI is InChI=1S/C14H28N2/c1-11-7-6-8-12(2)16(11)15-13(3)14-9-4-5-10-14/h11-15H,4-10H2,1-3H3. The second kappa shape index (κ2) is 5.50. The second-order valence-corrected chi connectivity index (χ2v) is 6.00. The van der Waals surface area contributed by atoms with Crippen LogP contribution < -0.4 is 5.43 Å². The first-order valence-corrected chi connectivity index (χ1v) is 7.23. The summed E-state index contributed by atoms with van der Waals surface area (Å²) < 4.78 is 0. The molecule has 0 aromatic heterocycles. The van der Waals surface area contributed by atoms with Crippen LogP contribution in [0.3, 0.4) is 0 Å². The topological polar surface area (TPSA) is 15.3 Å². The molecule has 2 nitrogen and oxygen atoms in total. The number of rotatable bonds is 3. The van der Waals surface area contributed by atoms with Gasteiger partial charge in [0.25, 0.3) is 0 Å². The van der Waals surface area contributed by atoms with E-state index >= 15 is 0 Å². The molecule has 1 saturated heterocycles. The number of hydrazine groups is 1. The van der Waals surface area contributed by atoms with Crippen LogP contribution in [-0.2, 0) is 0 Å². The predicted molar refractivity (Wildman–Crippen MR) is 69.2 cm³/mol. The van der Waals surface area contributed by atoms with E-state index in [0.29, 0.717) is 18.1 Å². The second-order valence-electron chi connectivity index (χ2n) is 6.00. The Morgan fingerprint density at radius 3 is 2.06 bits per heavy atom. The highest BCUT2D eigenvalue weighted by atomic mass is 15.5. The zero-order valence-corrected chi connectivity index (χ0v) is 11.2.